The first kappa shape index (κ1) is 23.2. The Hall–Kier alpha value is -3.01. The van der Waals surface area contributed by atoms with Crippen molar-refractivity contribution in [2.24, 2.45) is 0 Å². The van der Waals surface area contributed by atoms with Gasteiger partial charge in [0.15, 0.2) is 0 Å². The summed E-state index contributed by atoms with van der Waals surface area (Å²) in [4.78, 5) is 20.9. The number of carbonyl (C=O) groups excluding carboxylic acids is 1. The van der Waals surface area contributed by atoms with E-state index in [0.717, 1.165) is 24.2 Å². The summed E-state index contributed by atoms with van der Waals surface area (Å²) in [6, 6.07) is 13.0. The van der Waals surface area contributed by atoms with Crippen LogP contribution in [0.3, 0.4) is 0 Å². The molecule has 0 spiro atoms. The Bertz CT molecular complexity index is 1230. The third-order valence-electron chi connectivity index (χ3n) is 5.35. The van der Waals surface area contributed by atoms with Gasteiger partial charge in [0.05, 0.1) is 5.02 Å². The Labute approximate surface area is 196 Å². The van der Waals surface area contributed by atoms with Crippen LogP contribution in [0.1, 0.15) is 15.9 Å². The van der Waals surface area contributed by atoms with E-state index in [0.29, 0.717) is 26.2 Å². The predicted octanol–water partition coefficient (Wildman–Crippen LogP) is 3.63. The molecule has 0 radical (unpaired) electrons. The van der Waals surface area contributed by atoms with Crippen molar-refractivity contribution in [2.75, 3.05) is 30.9 Å². The molecule has 1 N–H and O–H groups in total. The van der Waals surface area contributed by atoms with Gasteiger partial charge >= 0.3 is 0 Å². The third kappa shape index (κ3) is 5.68. The topological polar surface area (TPSA) is 82.6 Å². The monoisotopic (exact) mass is 488 g/mol. The van der Waals surface area contributed by atoms with Crippen LogP contribution in [0, 0.1) is 5.82 Å². The summed E-state index contributed by atoms with van der Waals surface area (Å²) in [7, 11) is -4.08. The molecule has 4 rings (SSSR count). The predicted molar refractivity (Wildman–Crippen MR) is 124 cm³/mol. The number of rotatable bonds is 6. The molecule has 2 heterocycles. The van der Waals surface area contributed by atoms with Gasteiger partial charge in [0.1, 0.15) is 10.7 Å². The fourth-order valence-corrected chi connectivity index (χ4v) is 5.20. The molecule has 1 aliphatic heterocycles. The largest absolute Gasteiger partial charge is 0.336 e. The van der Waals surface area contributed by atoms with Gasteiger partial charge in [-0.25, -0.2) is 12.8 Å². The van der Waals surface area contributed by atoms with Crippen molar-refractivity contribution in [1.29, 1.82) is 0 Å². The number of carbonyl (C=O) groups is 1. The first-order valence-corrected chi connectivity index (χ1v) is 12.2. The molecule has 1 aromatic heterocycles. The van der Waals surface area contributed by atoms with Crippen molar-refractivity contribution in [3.05, 3.63) is 89.0 Å². The zero-order valence-corrected chi connectivity index (χ0v) is 19.2. The number of pyridine rings is 1. The fourth-order valence-electron chi connectivity index (χ4n) is 3.61. The second-order valence-corrected chi connectivity index (χ2v) is 9.75. The van der Waals surface area contributed by atoms with Gasteiger partial charge in [0.2, 0.25) is 0 Å². The normalized spacial score (nSPS) is 14.8. The number of halogens is 2. The number of piperazine rings is 1. The summed E-state index contributed by atoms with van der Waals surface area (Å²) in [5.74, 6) is -0.741. The van der Waals surface area contributed by atoms with E-state index in [2.05, 4.69) is 14.6 Å². The minimum absolute atomic E-state index is 0.0116. The quantitative estimate of drug-likeness (QED) is 0.573. The summed E-state index contributed by atoms with van der Waals surface area (Å²) in [5, 5.41) is -0.0116. The molecule has 33 heavy (non-hydrogen) atoms. The third-order valence-corrected chi connectivity index (χ3v) is 7.22. The lowest BCUT2D eigenvalue weighted by Gasteiger charge is -2.34. The van der Waals surface area contributed by atoms with E-state index in [1.165, 1.54) is 30.3 Å². The van der Waals surface area contributed by atoms with Crippen LogP contribution in [0.5, 0.6) is 0 Å². The molecule has 10 heteroatoms. The fraction of sp³-hybridized carbons (Fsp3) is 0.217. The number of anilines is 1. The van der Waals surface area contributed by atoms with E-state index in [-0.39, 0.29) is 27.1 Å². The zero-order valence-electron chi connectivity index (χ0n) is 17.6. The number of aromatic nitrogens is 1. The Balaban J connectivity index is 1.44. The highest BCUT2D eigenvalue weighted by atomic mass is 35.5. The minimum Gasteiger partial charge on any atom is -0.336 e. The Morgan fingerprint density at radius 1 is 1.06 bits per heavy atom. The average molecular weight is 489 g/mol. The first-order chi connectivity index (χ1) is 15.8. The summed E-state index contributed by atoms with van der Waals surface area (Å²) >= 11 is 6.14. The van der Waals surface area contributed by atoms with Gasteiger partial charge in [0.25, 0.3) is 15.9 Å². The maximum Gasteiger partial charge on any atom is 0.263 e. The number of sulfonamides is 1. The molecule has 3 aromatic rings. The van der Waals surface area contributed by atoms with Crippen molar-refractivity contribution in [3.8, 4) is 0 Å². The van der Waals surface area contributed by atoms with Gasteiger partial charge in [-0.15, -0.1) is 0 Å². The number of hydrogen-bond donors (Lipinski definition) is 1. The molecule has 0 aliphatic carbocycles. The van der Waals surface area contributed by atoms with Crippen LogP contribution >= 0.6 is 11.6 Å². The van der Waals surface area contributed by atoms with Crippen LogP contribution in [-0.2, 0) is 16.6 Å². The summed E-state index contributed by atoms with van der Waals surface area (Å²) in [5.41, 5.74) is 1.53. The van der Waals surface area contributed by atoms with Crippen LogP contribution in [0.25, 0.3) is 0 Å². The molecular weight excluding hydrogens is 467 g/mol. The van der Waals surface area contributed by atoms with E-state index in [1.54, 1.807) is 11.1 Å². The van der Waals surface area contributed by atoms with E-state index < -0.39 is 15.8 Å². The summed E-state index contributed by atoms with van der Waals surface area (Å²) in [6.45, 7) is 3.21. The first-order valence-electron chi connectivity index (χ1n) is 10.3. The van der Waals surface area contributed by atoms with E-state index in [4.69, 9.17) is 11.6 Å². The molecular formula is C23H22ClFN4O3S. The number of amides is 1. The highest BCUT2D eigenvalue weighted by Crippen LogP contribution is 2.26. The number of nitrogens with one attached hydrogen (secondary N) is 1. The molecule has 0 saturated carbocycles. The van der Waals surface area contributed by atoms with Gasteiger partial charge in [0, 0.05) is 56.4 Å². The summed E-state index contributed by atoms with van der Waals surface area (Å²) in [6.07, 6.45) is 3.56. The van der Waals surface area contributed by atoms with E-state index in [9.17, 15) is 17.6 Å². The van der Waals surface area contributed by atoms with Crippen molar-refractivity contribution >= 4 is 33.2 Å². The maximum atomic E-state index is 13.1. The molecule has 1 saturated heterocycles. The highest BCUT2D eigenvalue weighted by Gasteiger charge is 2.25. The number of nitrogens with zero attached hydrogens (tertiary/aromatic N) is 3. The Morgan fingerprint density at radius 2 is 1.79 bits per heavy atom. The van der Waals surface area contributed by atoms with Crippen molar-refractivity contribution in [3.63, 3.8) is 0 Å². The second kappa shape index (κ2) is 9.86. The van der Waals surface area contributed by atoms with Gasteiger partial charge in [-0.3, -0.25) is 19.4 Å². The second-order valence-electron chi connectivity index (χ2n) is 7.69. The highest BCUT2D eigenvalue weighted by molar-refractivity contribution is 7.92. The van der Waals surface area contributed by atoms with Crippen LogP contribution in [-0.4, -0.2) is 55.3 Å². The SMILES string of the molecule is O=C(c1ccc(Cl)c(S(=O)(=O)Nc2ccc(F)cc2)c1)N1CCN(Cc2cccnc2)CC1. The van der Waals surface area contributed by atoms with Crippen molar-refractivity contribution in [1.82, 2.24) is 14.8 Å². The van der Waals surface area contributed by atoms with Crippen LogP contribution in [0.4, 0.5) is 10.1 Å². The summed E-state index contributed by atoms with van der Waals surface area (Å²) < 4.78 is 41.2. The molecule has 7 nitrogen and oxygen atoms in total. The Kier molecular flexibility index (Phi) is 6.92. The molecule has 1 fully saturated rings. The maximum absolute atomic E-state index is 13.1. The van der Waals surface area contributed by atoms with Gasteiger partial charge < -0.3 is 4.90 Å². The average Bonchev–Trinajstić information content (AvgIpc) is 2.81. The van der Waals surface area contributed by atoms with Crippen LogP contribution < -0.4 is 4.72 Å². The van der Waals surface area contributed by atoms with Gasteiger partial charge in [-0.2, -0.15) is 0 Å². The van der Waals surface area contributed by atoms with Crippen molar-refractivity contribution < 1.29 is 17.6 Å². The van der Waals surface area contributed by atoms with Gasteiger partial charge in [-0.1, -0.05) is 17.7 Å². The lowest BCUT2D eigenvalue weighted by atomic mass is 10.1. The molecule has 172 valence electrons. The molecule has 1 amide bonds. The standard InChI is InChI=1S/C23H22ClFN4O3S/c24-21-8-3-18(14-22(21)33(31,32)27-20-6-4-19(25)5-7-20)23(30)29-12-10-28(11-13-29)16-17-2-1-9-26-15-17/h1-9,14-15,27H,10-13,16H2. The molecule has 1 aliphatic rings. The van der Waals surface area contributed by atoms with Crippen LogP contribution in [0.2, 0.25) is 5.02 Å². The molecule has 2 aromatic carbocycles. The van der Waals surface area contributed by atoms with Crippen LogP contribution in [0.15, 0.2) is 71.9 Å². The number of benzene rings is 2. The molecule has 0 unspecified atom stereocenters. The van der Waals surface area contributed by atoms with E-state index in [1.807, 2.05) is 18.3 Å². The number of hydrogen-bond acceptors (Lipinski definition) is 5. The smallest absolute Gasteiger partial charge is 0.263 e. The minimum atomic E-state index is -4.08. The lowest BCUT2D eigenvalue weighted by Crippen LogP contribution is -2.48. The molecule has 0 atom stereocenters. The zero-order chi connectivity index (χ0) is 23.4. The van der Waals surface area contributed by atoms with Gasteiger partial charge in [-0.05, 0) is 54.1 Å². The van der Waals surface area contributed by atoms with E-state index >= 15 is 0 Å². The lowest BCUT2D eigenvalue weighted by molar-refractivity contribution is 0.0628. The molecule has 0 bridgehead atoms. The Morgan fingerprint density at radius 3 is 2.45 bits per heavy atom. The van der Waals surface area contributed by atoms with Crippen molar-refractivity contribution in [2.45, 2.75) is 11.4 Å².